The summed E-state index contributed by atoms with van der Waals surface area (Å²) in [5, 5.41) is 4.21. The maximum atomic E-state index is 12.9. The van der Waals surface area contributed by atoms with Gasteiger partial charge < -0.3 is 20.1 Å². The number of nitrogens with one attached hydrogen (secondary N) is 2. The maximum Gasteiger partial charge on any atom is 4.00 e. The molecule has 11 heteroatoms. The molecule has 0 aliphatic carbocycles. The van der Waals surface area contributed by atoms with E-state index in [1.807, 2.05) is 60.7 Å². The number of carbonyl (C=O) groups is 2. The average molecular weight is 578 g/mol. The Morgan fingerprint density at radius 3 is 1.26 bits per heavy atom. The Morgan fingerprint density at radius 2 is 1.03 bits per heavy atom. The van der Waals surface area contributed by atoms with Gasteiger partial charge in [0, 0.05) is 23.3 Å². The number of rotatable bonds is 4. The molecular formula is C28H26F4N2O4Ti. The van der Waals surface area contributed by atoms with E-state index in [0.717, 1.165) is 24.3 Å². The van der Waals surface area contributed by atoms with Crippen LogP contribution in [-0.4, -0.2) is 25.4 Å². The van der Waals surface area contributed by atoms with E-state index in [1.165, 1.54) is 0 Å². The van der Waals surface area contributed by atoms with Crippen LogP contribution in [0.1, 0.15) is 13.8 Å². The summed E-state index contributed by atoms with van der Waals surface area (Å²) in [4.78, 5) is 21.7. The van der Waals surface area contributed by atoms with Crippen LogP contribution in [0.3, 0.4) is 0 Å². The number of hydrogen-bond acceptors (Lipinski definition) is 4. The van der Waals surface area contributed by atoms with Crippen LogP contribution in [0.5, 0.6) is 0 Å². The van der Waals surface area contributed by atoms with E-state index < -0.39 is 35.5 Å². The van der Waals surface area contributed by atoms with Crippen LogP contribution in [0, 0.1) is 35.4 Å². The summed E-state index contributed by atoms with van der Waals surface area (Å²) in [5.74, 6) is -3.56. The van der Waals surface area contributed by atoms with Crippen molar-refractivity contribution in [2.45, 2.75) is 13.8 Å². The first-order valence-corrected chi connectivity index (χ1v) is 11.2. The van der Waals surface area contributed by atoms with Gasteiger partial charge in [0.15, 0.2) is 0 Å². The molecule has 2 N–H and O–H groups in total. The normalized spacial score (nSPS) is 8.97. The van der Waals surface area contributed by atoms with Gasteiger partial charge in [0.25, 0.3) is 0 Å². The van der Waals surface area contributed by atoms with Crippen LogP contribution in [0.4, 0.5) is 38.5 Å². The van der Waals surface area contributed by atoms with Crippen LogP contribution in [0.25, 0.3) is 0 Å². The second kappa shape index (κ2) is 21.1. The molecule has 0 bridgehead atoms. The minimum Gasteiger partial charge on any atom is -0.450 e. The molecule has 0 spiro atoms. The van der Waals surface area contributed by atoms with E-state index >= 15 is 0 Å². The molecule has 0 fully saturated rings. The van der Waals surface area contributed by atoms with E-state index in [1.54, 1.807) is 26.0 Å². The summed E-state index contributed by atoms with van der Waals surface area (Å²) in [7, 11) is 0. The third-order valence-corrected chi connectivity index (χ3v) is 3.86. The Hall–Kier alpha value is -3.89. The van der Waals surface area contributed by atoms with Crippen molar-refractivity contribution in [3.63, 3.8) is 0 Å². The summed E-state index contributed by atoms with van der Waals surface area (Å²) in [6.45, 7) is 3.59. The van der Waals surface area contributed by atoms with Gasteiger partial charge in [-0.05, 0) is 25.2 Å². The molecule has 4 aromatic rings. The first-order valence-electron chi connectivity index (χ1n) is 11.2. The van der Waals surface area contributed by atoms with Crippen LogP contribution < -0.4 is 10.6 Å². The van der Waals surface area contributed by atoms with Gasteiger partial charge in [-0.1, -0.05) is 0 Å². The van der Waals surface area contributed by atoms with Crippen molar-refractivity contribution in [3.8, 4) is 0 Å². The van der Waals surface area contributed by atoms with Gasteiger partial charge in [-0.2, -0.15) is 36.4 Å². The first-order chi connectivity index (χ1) is 18.3. The molecule has 0 atom stereocenters. The Morgan fingerprint density at radius 1 is 0.692 bits per heavy atom. The van der Waals surface area contributed by atoms with Gasteiger partial charge in [-0.15, -0.1) is 36.4 Å². The van der Waals surface area contributed by atoms with Crippen molar-refractivity contribution in [2.75, 3.05) is 23.8 Å². The average Bonchev–Trinajstić information content (AvgIpc) is 3.63. The van der Waals surface area contributed by atoms with Crippen molar-refractivity contribution < 1.29 is 58.3 Å². The van der Waals surface area contributed by atoms with Gasteiger partial charge >= 0.3 is 33.9 Å². The van der Waals surface area contributed by atoms with E-state index in [4.69, 9.17) is 0 Å². The molecule has 4 rings (SSSR count). The molecule has 0 heterocycles. The molecule has 0 saturated carbocycles. The van der Waals surface area contributed by atoms with Crippen molar-refractivity contribution >= 4 is 23.6 Å². The third kappa shape index (κ3) is 16.5. The first kappa shape index (κ1) is 35.1. The molecule has 0 aliphatic rings. The fourth-order valence-corrected chi connectivity index (χ4v) is 2.28. The van der Waals surface area contributed by atoms with Gasteiger partial charge in [0.1, 0.15) is 0 Å². The minimum absolute atomic E-state index is 0. The number of amides is 2. The molecule has 0 aromatic heterocycles. The molecule has 204 valence electrons. The van der Waals surface area contributed by atoms with E-state index in [0.29, 0.717) is 0 Å². The van der Waals surface area contributed by atoms with E-state index in [9.17, 15) is 27.2 Å². The van der Waals surface area contributed by atoms with E-state index in [-0.39, 0.29) is 46.3 Å². The van der Waals surface area contributed by atoms with Crippen molar-refractivity contribution in [1.29, 1.82) is 0 Å². The largest absolute Gasteiger partial charge is 4.00 e. The van der Waals surface area contributed by atoms with Crippen molar-refractivity contribution in [2.24, 2.45) is 0 Å². The smallest absolute Gasteiger partial charge is 0.450 e. The van der Waals surface area contributed by atoms with Gasteiger partial charge in [-0.3, -0.25) is 0 Å². The molecule has 2 amide bonds. The zero-order chi connectivity index (χ0) is 28.2. The van der Waals surface area contributed by atoms with Gasteiger partial charge in [0.2, 0.25) is 0 Å². The molecule has 4 aromatic carbocycles. The number of anilines is 2. The topological polar surface area (TPSA) is 76.7 Å². The van der Waals surface area contributed by atoms with Crippen LogP contribution in [-0.2, 0) is 31.2 Å². The molecule has 0 saturated heterocycles. The zero-order valence-electron chi connectivity index (χ0n) is 21.1. The summed E-state index contributed by atoms with van der Waals surface area (Å²) in [6.07, 6.45) is -1.57. The van der Waals surface area contributed by atoms with Crippen LogP contribution in [0.15, 0.2) is 84.9 Å². The van der Waals surface area contributed by atoms with Gasteiger partial charge in [0.05, 0.1) is 13.2 Å². The predicted molar refractivity (Wildman–Crippen MR) is 136 cm³/mol. The molecule has 39 heavy (non-hydrogen) atoms. The van der Waals surface area contributed by atoms with Crippen LogP contribution in [0.2, 0.25) is 0 Å². The SMILES string of the molecule is CCOC(=O)Nc1ccc(F)[c-]c1F.CCOC(=O)Nc1ccc(F)[c-]c1F.[Ti+4].c1cc[cH-]c1.c1cc[cH-]c1. The Bertz CT molecular complexity index is 1060. The number of carbonyl (C=O) groups excluding carboxylic acids is 2. The Kier molecular flexibility index (Phi) is 19.0. The summed E-state index contributed by atoms with van der Waals surface area (Å²) in [6, 6.07) is 27.7. The number of benzene rings is 2. The Labute approximate surface area is 239 Å². The second-order valence-corrected chi connectivity index (χ2v) is 6.68. The van der Waals surface area contributed by atoms with E-state index in [2.05, 4.69) is 20.1 Å². The maximum absolute atomic E-state index is 12.9. The second-order valence-electron chi connectivity index (χ2n) is 6.68. The predicted octanol–water partition coefficient (Wildman–Crippen LogP) is 7.48. The standard InChI is InChI=1S/2C9H8F2NO2.2C5H5.Ti/c2*1-2-14-9(13)12-8-4-3-6(10)5-7(8)11;2*1-2-4-5-3-1;/h2*3-4H,2H2,1H3,(H,12,13);2*1-5H;/q4*-1;+4. The summed E-state index contributed by atoms with van der Waals surface area (Å²) in [5.41, 5.74) is -0.324. The van der Waals surface area contributed by atoms with Gasteiger partial charge in [-0.25, -0.2) is 51.4 Å². The third-order valence-electron chi connectivity index (χ3n) is 3.86. The van der Waals surface area contributed by atoms with Crippen LogP contribution >= 0.6 is 0 Å². The fraction of sp³-hybridized carbons (Fsp3) is 0.143. The quantitative estimate of drug-likeness (QED) is 0.150. The number of halogens is 4. The molecular weight excluding hydrogens is 552 g/mol. The molecule has 0 radical (unpaired) electrons. The number of hydrogen-bond donors (Lipinski definition) is 2. The summed E-state index contributed by atoms with van der Waals surface area (Å²) < 4.78 is 59.6. The zero-order valence-corrected chi connectivity index (χ0v) is 22.7. The Balaban J connectivity index is 0.000000537. The fourth-order valence-electron chi connectivity index (χ4n) is 2.28. The molecule has 0 aliphatic heterocycles. The van der Waals surface area contributed by atoms with Crippen molar-refractivity contribution in [3.05, 3.63) is 120 Å². The number of ether oxygens (including phenoxy) is 2. The van der Waals surface area contributed by atoms with Crippen molar-refractivity contribution in [1.82, 2.24) is 0 Å². The molecule has 6 nitrogen and oxygen atoms in total. The summed E-state index contributed by atoms with van der Waals surface area (Å²) >= 11 is 0. The monoisotopic (exact) mass is 578 g/mol. The molecule has 0 unspecified atom stereocenters. The minimum atomic E-state index is -0.960.